The SMILES string of the molecule is CC(=O)c1cnc(OC(C)C)nc1O. The van der Waals surface area contributed by atoms with Crippen LogP contribution in [0, 0.1) is 0 Å². The van der Waals surface area contributed by atoms with Crippen LogP contribution < -0.4 is 4.74 Å². The van der Waals surface area contributed by atoms with Crippen LogP contribution in [0.4, 0.5) is 0 Å². The standard InChI is InChI=1S/C9H12N2O3/c1-5(2)14-9-10-4-7(6(3)12)8(13)11-9/h4-5H,1-3H3,(H,10,11,13). The molecular formula is C9H12N2O3. The highest BCUT2D eigenvalue weighted by Gasteiger charge is 2.10. The Bertz CT molecular complexity index is 350. The van der Waals surface area contributed by atoms with Crippen LogP contribution in [-0.4, -0.2) is 27.0 Å². The Hall–Kier alpha value is -1.65. The second kappa shape index (κ2) is 4.04. The van der Waals surface area contributed by atoms with Gasteiger partial charge >= 0.3 is 6.01 Å². The Morgan fingerprint density at radius 1 is 1.57 bits per heavy atom. The van der Waals surface area contributed by atoms with E-state index in [0.29, 0.717) is 0 Å². The monoisotopic (exact) mass is 196 g/mol. The second-order valence-electron chi connectivity index (χ2n) is 3.11. The van der Waals surface area contributed by atoms with Gasteiger partial charge in [-0.3, -0.25) is 4.79 Å². The topological polar surface area (TPSA) is 72.3 Å². The average molecular weight is 196 g/mol. The summed E-state index contributed by atoms with van der Waals surface area (Å²) in [5.74, 6) is -0.623. The maximum absolute atomic E-state index is 10.9. The second-order valence-corrected chi connectivity index (χ2v) is 3.11. The summed E-state index contributed by atoms with van der Waals surface area (Å²) in [6, 6.07) is 0.0718. The minimum atomic E-state index is -0.344. The van der Waals surface area contributed by atoms with Crippen molar-refractivity contribution in [1.82, 2.24) is 9.97 Å². The molecule has 0 aliphatic rings. The third-order valence-electron chi connectivity index (χ3n) is 1.47. The molecule has 1 aromatic heterocycles. The zero-order chi connectivity index (χ0) is 10.7. The van der Waals surface area contributed by atoms with Gasteiger partial charge in [-0.25, -0.2) is 4.98 Å². The lowest BCUT2D eigenvalue weighted by molar-refractivity contribution is 0.101. The quantitative estimate of drug-likeness (QED) is 0.734. The first-order valence-electron chi connectivity index (χ1n) is 4.24. The molecule has 1 aromatic rings. The summed E-state index contributed by atoms with van der Waals surface area (Å²) < 4.78 is 5.14. The molecule has 14 heavy (non-hydrogen) atoms. The molecule has 0 aliphatic heterocycles. The van der Waals surface area contributed by atoms with E-state index in [1.807, 2.05) is 13.8 Å². The first-order chi connectivity index (χ1) is 6.50. The van der Waals surface area contributed by atoms with Crippen molar-refractivity contribution in [2.45, 2.75) is 26.9 Å². The molecule has 5 nitrogen and oxygen atoms in total. The molecular weight excluding hydrogens is 184 g/mol. The number of Topliss-reactive ketones (excluding diaryl/α,β-unsaturated/α-hetero) is 1. The van der Waals surface area contributed by atoms with E-state index < -0.39 is 0 Å². The molecule has 1 rings (SSSR count). The smallest absolute Gasteiger partial charge is 0.319 e. The average Bonchev–Trinajstić information content (AvgIpc) is 2.01. The van der Waals surface area contributed by atoms with E-state index >= 15 is 0 Å². The predicted octanol–water partition coefficient (Wildman–Crippen LogP) is 1.17. The molecule has 0 atom stereocenters. The third-order valence-corrected chi connectivity index (χ3v) is 1.47. The number of carbonyl (C=O) groups is 1. The molecule has 0 unspecified atom stereocenters. The zero-order valence-electron chi connectivity index (χ0n) is 8.31. The summed E-state index contributed by atoms with van der Waals surface area (Å²) >= 11 is 0. The van der Waals surface area contributed by atoms with Crippen molar-refractivity contribution in [2.75, 3.05) is 0 Å². The molecule has 0 saturated carbocycles. The molecule has 0 amide bonds. The van der Waals surface area contributed by atoms with E-state index in [4.69, 9.17) is 4.74 Å². The number of hydrogen-bond acceptors (Lipinski definition) is 5. The highest BCUT2D eigenvalue weighted by atomic mass is 16.5. The van der Waals surface area contributed by atoms with Gasteiger partial charge in [0.15, 0.2) is 5.78 Å². The number of carbonyl (C=O) groups excluding carboxylic acids is 1. The van der Waals surface area contributed by atoms with E-state index in [9.17, 15) is 9.90 Å². The highest BCUT2D eigenvalue weighted by Crippen LogP contribution is 2.16. The summed E-state index contributed by atoms with van der Waals surface area (Å²) in [6.07, 6.45) is 1.18. The van der Waals surface area contributed by atoms with E-state index in [1.54, 1.807) is 0 Å². The maximum Gasteiger partial charge on any atom is 0.319 e. The zero-order valence-corrected chi connectivity index (χ0v) is 8.31. The predicted molar refractivity (Wildman–Crippen MR) is 49.5 cm³/mol. The van der Waals surface area contributed by atoms with Crippen LogP contribution in [0.3, 0.4) is 0 Å². The fourth-order valence-electron chi connectivity index (χ4n) is 0.873. The molecule has 5 heteroatoms. The van der Waals surface area contributed by atoms with Crippen molar-refractivity contribution < 1.29 is 14.6 Å². The molecule has 0 aliphatic carbocycles. The van der Waals surface area contributed by atoms with E-state index in [1.165, 1.54) is 13.1 Å². The molecule has 0 fully saturated rings. The normalized spacial score (nSPS) is 10.3. The van der Waals surface area contributed by atoms with Gasteiger partial charge in [0.05, 0.1) is 11.7 Å². The summed E-state index contributed by atoms with van der Waals surface area (Å²) in [7, 11) is 0. The Balaban J connectivity index is 2.94. The Morgan fingerprint density at radius 3 is 2.64 bits per heavy atom. The molecule has 76 valence electrons. The minimum Gasteiger partial charge on any atom is -0.493 e. The number of aromatic nitrogens is 2. The van der Waals surface area contributed by atoms with Crippen LogP contribution in [-0.2, 0) is 0 Å². The van der Waals surface area contributed by atoms with Gasteiger partial charge in [-0.15, -0.1) is 0 Å². The van der Waals surface area contributed by atoms with E-state index in [2.05, 4.69) is 9.97 Å². The van der Waals surface area contributed by atoms with Crippen LogP contribution >= 0.6 is 0 Å². The number of rotatable bonds is 3. The summed E-state index contributed by atoms with van der Waals surface area (Å²) in [5.41, 5.74) is 0.0982. The van der Waals surface area contributed by atoms with Crippen molar-refractivity contribution in [1.29, 1.82) is 0 Å². The highest BCUT2D eigenvalue weighted by molar-refractivity contribution is 5.95. The van der Waals surface area contributed by atoms with Crippen LogP contribution in [0.2, 0.25) is 0 Å². The van der Waals surface area contributed by atoms with Crippen molar-refractivity contribution in [2.24, 2.45) is 0 Å². The molecule has 1 heterocycles. The molecule has 0 aromatic carbocycles. The number of nitrogens with zero attached hydrogens (tertiary/aromatic N) is 2. The molecule has 0 bridgehead atoms. The summed E-state index contributed by atoms with van der Waals surface area (Å²) in [5, 5.41) is 9.32. The van der Waals surface area contributed by atoms with E-state index in [0.717, 1.165) is 0 Å². The fraction of sp³-hybridized carbons (Fsp3) is 0.444. The van der Waals surface area contributed by atoms with Gasteiger partial charge < -0.3 is 9.84 Å². The van der Waals surface area contributed by atoms with Crippen molar-refractivity contribution in [3.63, 3.8) is 0 Å². The van der Waals surface area contributed by atoms with Crippen molar-refractivity contribution in [3.8, 4) is 11.9 Å². The Morgan fingerprint density at radius 2 is 2.21 bits per heavy atom. The summed E-state index contributed by atoms with van der Waals surface area (Å²) in [4.78, 5) is 18.3. The van der Waals surface area contributed by atoms with Crippen molar-refractivity contribution >= 4 is 5.78 Å². The lowest BCUT2D eigenvalue weighted by atomic mass is 10.2. The number of ether oxygens (including phenoxy) is 1. The Labute approximate surface area is 81.8 Å². The molecule has 0 spiro atoms. The first-order valence-corrected chi connectivity index (χ1v) is 4.24. The van der Waals surface area contributed by atoms with Crippen LogP contribution in [0.5, 0.6) is 11.9 Å². The van der Waals surface area contributed by atoms with Gasteiger partial charge in [-0.05, 0) is 20.8 Å². The van der Waals surface area contributed by atoms with Crippen LogP contribution in [0.1, 0.15) is 31.1 Å². The van der Waals surface area contributed by atoms with Gasteiger partial charge in [0, 0.05) is 6.20 Å². The maximum atomic E-state index is 10.9. The molecule has 1 N–H and O–H groups in total. The van der Waals surface area contributed by atoms with Crippen LogP contribution in [0.15, 0.2) is 6.20 Å². The molecule has 0 radical (unpaired) electrons. The van der Waals surface area contributed by atoms with Gasteiger partial charge in [0.25, 0.3) is 0 Å². The van der Waals surface area contributed by atoms with Gasteiger partial charge in [0.1, 0.15) is 0 Å². The number of ketones is 1. The largest absolute Gasteiger partial charge is 0.493 e. The van der Waals surface area contributed by atoms with Gasteiger partial charge in [-0.2, -0.15) is 4.98 Å². The third kappa shape index (κ3) is 2.42. The lowest BCUT2D eigenvalue weighted by Crippen LogP contribution is -2.09. The minimum absolute atomic E-state index is 0.0717. The van der Waals surface area contributed by atoms with E-state index in [-0.39, 0.29) is 29.3 Å². The lowest BCUT2D eigenvalue weighted by Gasteiger charge is -2.07. The fourth-order valence-corrected chi connectivity index (χ4v) is 0.873. The van der Waals surface area contributed by atoms with Gasteiger partial charge in [-0.1, -0.05) is 0 Å². The van der Waals surface area contributed by atoms with Crippen molar-refractivity contribution in [3.05, 3.63) is 11.8 Å². The first kappa shape index (κ1) is 10.4. The van der Waals surface area contributed by atoms with Crippen LogP contribution in [0.25, 0.3) is 0 Å². The number of hydrogen-bond donors (Lipinski definition) is 1. The van der Waals surface area contributed by atoms with Gasteiger partial charge in [0.2, 0.25) is 5.88 Å². The molecule has 0 saturated heterocycles. The number of aromatic hydroxyl groups is 1. The Kier molecular flexibility index (Phi) is 3.01. The summed E-state index contributed by atoms with van der Waals surface area (Å²) in [6.45, 7) is 4.97.